The summed E-state index contributed by atoms with van der Waals surface area (Å²) in [5.41, 5.74) is 0. The van der Waals surface area contributed by atoms with E-state index in [-0.39, 0.29) is 5.92 Å². The average molecular weight is 227 g/mol. The summed E-state index contributed by atoms with van der Waals surface area (Å²) in [6.45, 7) is 5.00. The zero-order chi connectivity index (χ0) is 12.0. The molecule has 0 amide bonds. The lowest BCUT2D eigenvalue weighted by Crippen LogP contribution is -2.35. The first-order valence-corrected chi connectivity index (χ1v) is 6.33. The van der Waals surface area contributed by atoms with Gasteiger partial charge in [0.1, 0.15) is 5.78 Å². The first-order chi connectivity index (χ1) is 7.63. The van der Waals surface area contributed by atoms with Crippen LogP contribution >= 0.6 is 0 Å². The fourth-order valence-corrected chi connectivity index (χ4v) is 2.45. The molecule has 0 spiro atoms. The van der Waals surface area contributed by atoms with Gasteiger partial charge in [0.25, 0.3) is 0 Å². The molecule has 1 rings (SSSR count). The van der Waals surface area contributed by atoms with Gasteiger partial charge in [-0.2, -0.15) is 0 Å². The van der Waals surface area contributed by atoms with Crippen molar-refractivity contribution in [1.82, 2.24) is 4.90 Å². The first kappa shape index (κ1) is 13.7. The SMILES string of the molecule is COCCCN(C)CC1CC(C)CCC1=O. The molecule has 0 radical (unpaired) electrons. The van der Waals surface area contributed by atoms with Crippen molar-refractivity contribution in [2.75, 3.05) is 33.9 Å². The van der Waals surface area contributed by atoms with E-state index >= 15 is 0 Å². The van der Waals surface area contributed by atoms with Gasteiger partial charge in [-0.15, -0.1) is 0 Å². The molecule has 16 heavy (non-hydrogen) atoms. The summed E-state index contributed by atoms with van der Waals surface area (Å²) in [5.74, 6) is 1.46. The summed E-state index contributed by atoms with van der Waals surface area (Å²) in [7, 11) is 3.83. The lowest BCUT2D eigenvalue weighted by Gasteiger charge is -2.29. The smallest absolute Gasteiger partial charge is 0.137 e. The van der Waals surface area contributed by atoms with Gasteiger partial charge >= 0.3 is 0 Å². The topological polar surface area (TPSA) is 29.5 Å². The summed E-state index contributed by atoms with van der Waals surface area (Å²) < 4.78 is 5.03. The molecule has 0 N–H and O–H groups in total. The summed E-state index contributed by atoms with van der Waals surface area (Å²) >= 11 is 0. The molecule has 0 aliphatic heterocycles. The molecule has 94 valence electrons. The predicted molar refractivity (Wildman–Crippen MR) is 65.5 cm³/mol. The van der Waals surface area contributed by atoms with Gasteiger partial charge < -0.3 is 9.64 Å². The van der Waals surface area contributed by atoms with Crippen LogP contribution in [0.3, 0.4) is 0 Å². The van der Waals surface area contributed by atoms with Crippen LogP contribution in [0.15, 0.2) is 0 Å². The largest absolute Gasteiger partial charge is 0.385 e. The maximum atomic E-state index is 11.8. The van der Waals surface area contributed by atoms with Crippen LogP contribution in [-0.2, 0) is 9.53 Å². The maximum absolute atomic E-state index is 11.8. The van der Waals surface area contributed by atoms with E-state index < -0.39 is 0 Å². The Hall–Kier alpha value is -0.410. The van der Waals surface area contributed by atoms with E-state index in [1.165, 1.54) is 0 Å². The molecule has 1 aliphatic carbocycles. The third kappa shape index (κ3) is 4.62. The van der Waals surface area contributed by atoms with Crippen LogP contribution in [0.25, 0.3) is 0 Å². The van der Waals surface area contributed by atoms with E-state index in [1.807, 2.05) is 0 Å². The molecule has 0 bridgehead atoms. The quantitative estimate of drug-likeness (QED) is 0.650. The Morgan fingerprint density at radius 1 is 1.50 bits per heavy atom. The van der Waals surface area contributed by atoms with E-state index in [0.717, 1.165) is 51.3 Å². The first-order valence-electron chi connectivity index (χ1n) is 6.33. The highest BCUT2D eigenvalue weighted by Gasteiger charge is 2.26. The van der Waals surface area contributed by atoms with Crippen molar-refractivity contribution in [1.29, 1.82) is 0 Å². The van der Waals surface area contributed by atoms with Crippen molar-refractivity contribution in [3.05, 3.63) is 0 Å². The molecule has 1 saturated carbocycles. The number of Topliss-reactive ketones (excluding diaryl/α,β-unsaturated/α-hetero) is 1. The minimum Gasteiger partial charge on any atom is -0.385 e. The van der Waals surface area contributed by atoms with E-state index in [0.29, 0.717) is 5.78 Å². The van der Waals surface area contributed by atoms with Crippen LogP contribution in [0.2, 0.25) is 0 Å². The molecule has 3 heteroatoms. The number of methoxy groups -OCH3 is 1. The van der Waals surface area contributed by atoms with Crippen LogP contribution < -0.4 is 0 Å². The Balaban J connectivity index is 2.25. The van der Waals surface area contributed by atoms with Crippen LogP contribution in [0.5, 0.6) is 0 Å². The number of hydrogen-bond acceptors (Lipinski definition) is 3. The van der Waals surface area contributed by atoms with Crippen molar-refractivity contribution < 1.29 is 9.53 Å². The summed E-state index contributed by atoms with van der Waals surface area (Å²) in [5, 5.41) is 0. The van der Waals surface area contributed by atoms with Gasteiger partial charge in [0, 0.05) is 39.1 Å². The Kier molecular flexibility index (Phi) is 5.99. The molecular formula is C13H25NO2. The van der Waals surface area contributed by atoms with Crippen molar-refractivity contribution in [2.24, 2.45) is 11.8 Å². The van der Waals surface area contributed by atoms with Gasteiger partial charge in [0.05, 0.1) is 0 Å². The van der Waals surface area contributed by atoms with E-state index in [2.05, 4.69) is 18.9 Å². The highest BCUT2D eigenvalue weighted by atomic mass is 16.5. The molecule has 2 unspecified atom stereocenters. The summed E-state index contributed by atoms with van der Waals surface area (Å²) in [4.78, 5) is 14.0. The summed E-state index contributed by atoms with van der Waals surface area (Å²) in [6.07, 6.45) is 4.00. The third-order valence-electron chi connectivity index (χ3n) is 3.45. The molecule has 2 atom stereocenters. The number of rotatable bonds is 6. The summed E-state index contributed by atoms with van der Waals surface area (Å²) in [6, 6.07) is 0. The second-order valence-electron chi connectivity index (χ2n) is 5.15. The lowest BCUT2D eigenvalue weighted by molar-refractivity contribution is -0.126. The van der Waals surface area contributed by atoms with Crippen LogP contribution in [0.4, 0.5) is 0 Å². The van der Waals surface area contributed by atoms with Gasteiger partial charge in [-0.05, 0) is 32.2 Å². The van der Waals surface area contributed by atoms with Gasteiger partial charge in [-0.1, -0.05) is 6.92 Å². The Morgan fingerprint density at radius 2 is 2.25 bits per heavy atom. The standard InChI is InChI=1S/C13H25NO2/c1-11-5-6-13(15)12(9-11)10-14(2)7-4-8-16-3/h11-12H,4-10H2,1-3H3. The Labute approximate surface area is 99.1 Å². The van der Waals surface area contributed by atoms with Crippen molar-refractivity contribution >= 4 is 5.78 Å². The van der Waals surface area contributed by atoms with Crippen LogP contribution in [0, 0.1) is 11.8 Å². The van der Waals surface area contributed by atoms with Crippen LogP contribution in [0.1, 0.15) is 32.6 Å². The van der Waals surface area contributed by atoms with E-state index in [1.54, 1.807) is 7.11 Å². The molecule has 0 saturated heterocycles. The average Bonchev–Trinajstić information content (AvgIpc) is 2.24. The minimum atomic E-state index is 0.274. The van der Waals surface area contributed by atoms with Gasteiger partial charge in [-0.25, -0.2) is 0 Å². The predicted octanol–water partition coefficient (Wildman–Crippen LogP) is 1.96. The van der Waals surface area contributed by atoms with Gasteiger partial charge in [0.2, 0.25) is 0 Å². The highest BCUT2D eigenvalue weighted by Crippen LogP contribution is 2.26. The second kappa shape index (κ2) is 7.02. The molecule has 0 aromatic rings. The van der Waals surface area contributed by atoms with Gasteiger partial charge in [-0.3, -0.25) is 4.79 Å². The highest BCUT2D eigenvalue weighted by molar-refractivity contribution is 5.81. The number of ketones is 1. The Morgan fingerprint density at radius 3 is 2.94 bits per heavy atom. The normalized spacial score (nSPS) is 26.4. The number of ether oxygens (including phenoxy) is 1. The third-order valence-corrected chi connectivity index (χ3v) is 3.45. The van der Waals surface area contributed by atoms with Crippen LogP contribution in [-0.4, -0.2) is 44.5 Å². The number of carbonyl (C=O) groups excluding carboxylic acids is 1. The molecule has 0 heterocycles. The second-order valence-corrected chi connectivity index (χ2v) is 5.15. The fraction of sp³-hybridized carbons (Fsp3) is 0.923. The lowest BCUT2D eigenvalue weighted by atomic mass is 9.81. The monoisotopic (exact) mass is 227 g/mol. The molecule has 3 nitrogen and oxygen atoms in total. The zero-order valence-corrected chi connectivity index (χ0v) is 10.9. The molecule has 0 aromatic heterocycles. The number of hydrogen-bond donors (Lipinski definition) is 0. The van der Waals surface area contributed by atoms with Crippen molar-refractivity contribution in [3.8, 4) is 0 Å². The zero-order valence-electron chi connectivity index (χ0n) is 10.9. The van der Waals surface area contributed by atoms with Gasteiger partial charge in [0.15, 0.2) is 0 Å². The molecular weight excluding hydrogens is 202 g/mol. The van der Waals surface area contributed by atoms with E-state index in [4.69, 9.17) is 4.74 Å². The molecule has 1 fully saturated rings. The number of carbonyl (C=O) groups is 1. The number of nitrogens with zero attached hydrogens (tertiary/aromatic N) is 1. The molecule has 0 aromatic carbocycles. The van der Waals surface area contributed by atoms with Crippen molar-refractivity contribution in [3.63, 3.8) is 0 Å². The Bertz CT molecular complexity index is 218. The van der Waals surface area contributed by atoms with Crippen molar-refractivity contribution in [2.45, 2.75) is 32.6 Å². The molecule has 1 aliphatic rings. The maximum Gasteiger partial charge on any atom is 0.137 e. The minimum absolute atomic E-state index is 0.274. The fourth-order valence-electron chi connectivity index (χ4n) is 2.45. The van der Waals surface area contributed by atoms with E-state index in [9.17, 15) is 4.79 Å².